The van der Waals surface area contributed by atoms with Crippen molar-refractivity contribution in [3.63, 3.8) is 0 Å². The number of pyridine rings is 1. The maximum absolute atomic E-state index is 4.24. The average molecular weight is 341 g/mol. The first-order chi connectivity index (χ1) is 9.29. The monoisotopic (exact) mass is 340 g/mol. The van der Waals surface area contributed by atoms with Crippen molar-refractivity contribution in [2.75, 3.05) is 13.1 Å². The fourth-order valence-electron chi connectivity index (χ4n) is 1.67. The smallest absolute Gasteiger partial charge is 0.149 e. The van der Waals surface area contributed by atoms with Gasteiger partial charge in [-0.3, -0.25) is 4.98 Å². The van der Waals surface area contributed by atoms with Crippen LogP contribution in [0.3, 0.4) is 0 Å². The van der Waals surface area contributed by atoms with Gasteiger partial charge < -0.3 is 5.32 Å². The first-order valence-corrected chi connectivity index (χ1v) is 8.04. The summed E-state index contributed by atoms with van der Waals surface area (Å²) in [6.07, 6.45) is 6.85. The van der Waals surface area contributed by atoms with Crippen molar-refractivity contribution in [3.8, 4) is 10.6 Å². The van der Waals surface area contributed by atoms with Gasteiger partial charge in [-0.25, -0.2) is 0 Å². The van der Waals surface area contributed by atoms with Crippen molar-refractivity contribution < 1.29 is 0 Å². The summed E-state index contributed by atoms with van der Waals surface area (Å²) in [5.41, 5.74) is 1.02. The SMILES string of the molecule is CCCNCCCc1nnc(-c2cncc(Br)c2)s1. The molecule has 0 amide bonds. The molecule has 102 valence electrons. The summed E-state index contributed by atoms with van der Waals surface area (Å²) in [4.78, 5) is 4.15. The van der Waals surface area contributed by atoms with Crippen LogP contribution in [-0.4, -0.2) is 28.3 Å². The summed E-state index contributed by atoms with van der Waals surface area (Å²) in [5.74, 6) is 0. The minimum atomic E-state index is 0.935. The van der Waals surface area contributed by atoms with Crippen LogP contribution in [0.5, 0.6) is 0 Å². The Hall–Kier alpha value is -0.850. The summed E-state index contributed by atoms with van der Waals surface area (Å²) in [5, 5.41) is 13.9. The fraction of sp³-hybridized carbons (Fsp3) is 0.462. The molecule has 2 aromatic rings. The lowest BCUT2D eigenvalue weighted by Crippen LogP contribution is -2.16. The molecule has 0 saturated carbocycles. The van der Waals surface area contributed by atoms with Gasteiger partial charge in [0.2, 0.25) is 0 Å². The van der Waals surface area contributed by atoms with E-state index in [4.69, 9.17) is 0 Å². The van der Waals surface area contributed by atoms with Gasteiger partial charge in [0.15, 0.2) is 0 Å². The molecule has 2 heterocycles. The van der Waals surface area contributed by atoms with Crippen LogP contribution in [0, 0.1) is 0 Å². The van der Waals surface area contributed by atoms with Gasteiger partial charge in [0.1, 0.15) is 10.0 Å². The van der Waals surface area contributed by atoms with Gasteiger partial charge in [0, 0.05) is 28.9 Å². The maximum atomic E-state index is 4.24. The summed E-state index contributed by atoms with van der Waals surface area (Å²) >= 11 is 5.07. The number of aromatic nitrogens is 3. The summed E-state index contributed by atoms with van der Waals surface area (Å²) < 4.78 is 0.963. The molecule has 0 spiro atoms. The lowest BCUT2D eigenvalue weighted by atomic mass is 10.3. The zero-order chi connectivity index (χ0) is 13.5. The van der Waals surface area contributed by atoms with E-state index in [2.05, 4.69) is 43.4 Å². The summed E-state index contributed by atoms with van der Waals surface area (Å²) in [7, 11) is 0. The van der Waals surface area contributed by atoms with Gasteiger partial charge in [0.25, 0.3) is 0 Å². The van der Waals surface area contributed by atoms with Crippen LogP contribution in [0.1, 0.15) is 24.8 Å². The van der Waals surface area contributed by atoms with Crippen LogP contribution < -0.4 is 5.32 Å². The van der Waals surface area contributed by atoms with Crippen molar-refractivity contribution in [2.45, 2.75) is 26.2 Å². The van der Waals surface area contributed by atoms with Gasteiger partial charge in [-0.2, -0.15) is 0 Å². The molecule has 2 rings (SSSR count). The van der Waals surface area contributed by atoms with E-state index < -0.39 is 0 Å². The third-order valence-corrected chi connectivity index (χ3v) is 4.06. The minimum Gasteiger partial charge on any atom is -0.317 e. The average Bonchev–Trinajstić information content (AvgIpc) is 2.87. The topological polar surface area (TPSA) is 50.7 Å². The number of nitrogens with one attached hydrogen (secondary N) is 1. The Kier molecular flexibility index (Phi) is 5.88. The van der Waals surface area contributed by atoms with Crippen molar-refractivity contribution in [3.05, 3.63) is 27.9 Å². The number of aryl methyl sites for hydroxylation is 1. The predicted octanol–water partition coefficient (Wildman–Crippen LogP) is 3.29. The predicted molar refractivity (Wildman–Crippen MR) is 82.3 cm³/mol. The zero-order valence-corrected chi connectivity index (χ0v) is 13.3. The van der Waals surface area contributed by atoms with E-state index >= 15 is 0 Å². The lowest BCUT2D eigenvalue weighted by Gasteiger charge is -1.99. The highest BCUT2D eigenvalue weighted by Crippen LogP contribution is 2.25. The highest BCUT2D eigenvalue weighted by Gasteiger charge is 2.07. The summed E-state index contributed by atoms with van der Waals surface area (Å²) in [6.45, 7) is 4.31. The standard InChI is InChI=1S/C13H17BrN4S/c1-2-5-15-6-3-4-12-17-18-13(19-12)10-7-11(14)9-16-8-10/h7-9,15H,2-6H2,1H3. The maximum Gasteiger partial charge on any atom is 0.149 e. The van der Waals surface area contributed by atoms with Crippen LogP contribution in [-0.2, 0) is 6.42 Å². The second-order valence-corrected chi connectivity index (χ2v) is 6.22. The molecule has 0 aliphatic carbocycles. The Bertz CT molecular complexity index is 515. The first-order valence-electron chi connectivity index (χ1n) is 6.43. The molecule has 0 bridgehead atoms. The molecule has 0 aliphatic heterocycles. The molecule has 0 saturated heterocycles. The number of hydrogen-bond acceptors (Lipinski definition) is 5. The highest BCUT2D eigenvalue weighted by molar-refractivity contribution is 9.10. The first kappa shape index (κ1) is 14.6. The van der Waals surface area contributed by atoms with E-state index in [0.717, 1.165) is 46.0 Å². The van der Waals surface area contributed by atoms with Crippen LogP contribution in [0.2, 0.25) is 0 Å². The van der Waals surface area contributed by atoms with Gasteiger partial charge in [-0.05, 0) is 47.9 Å². The highest BCUT2D eigenvalue weighted by atomic mass is 79.9. The molecule has 19 heavy (non-hydrogen) atoms. The van der Waals surface area contributed by atoms with Gasteiger partial charge >= 0.3 is 0 Å². The molecule has 0 radical (unpaired) electrons. The molecule has 0 unspecified atom stereocenters. The molecule has 1 N–H and O–H groups in total. The van der Waals surface area contributed by atoms with Crippen molar-refractivity contribution in [1.82, 2.24) is 20.5 Å². The second-order valence-electron chi connectivity index (χ2n) is 4.25. The van der Waals surface area contributed by atoms with Crippen LogP contribution in [0.4, 0.5) is 0 Å². The Balaban J connectivity index is 1.88. The molecular weight excluding hydrogens is 324 g/mol. The third-order valence-electron chi connectivity index (χ3n) is 2.59. The Labute approximate surface area is 125 Å². The number of hydrogen-bond donors (Lipinski definition) is 1. The molecule has 0 fully saturated rings. The van der Waals surface area contributed by atoms with Crippen molar-refractivity contribution >= 4 is 27.3 Å². The Morgan fingerprint density at radius 2 is 2.16 bits per heavy atom. The molecule has 0 aromatic carbocycles. The van der Waals surface area contributed by atoms with E-state index in [-0.39, 0.29) is 0 Å². The third kappa shape index (κ3) is 4.63. The van der Waals surface area contributed by atoms with Crippen LogP contribution in [0.15, 0.2) is 22.9 Å². The van der Waals surface area contributed by atoms with Crippen LogP contribution >= 0.6 is 27.3 Å². The largest absolute Gasteiger partial charge is 0.317 e. The van der Waals surface area contributed by atoms with Gasteiger partial charge in [-0.15, -0.1) is 10.2 Å². The number of nitrogens with zero attached hydrogens (tertiary/aromatic N) is 3. The summed E-state index contributed by atoms with van der Waals surface area (Å²) in [6, 6.07) is 2.01. The van der Waals surface area contributed by atoms with Crippen molar-refractivity contribution in [1.29, 1.82) is 0 Å². The van der Waals surface area contributed by atoms with Crippen molar-refractivity contribution in [2.24, 2.45) is 0 Å². The van der Waals surface area contributed by atoms with E-state index in [1.54, 1.807) is 17.5 Å². The van der Waals surface area contributed by atoms with E-state index in [0.29, 0.717) is 0 Å². The molecule has 0 atom stereocenters. The normalized spacial score (nSPS) is 10.8. The Morgan fingerprint density at radius 1 is 1.26 bits per heavy atom. The molecule has 0 aliphatic rings. The van der Waals surface area contributed by atoms with E-state index in [1.807, 2.05) is 12.3 Å². The molecule has 6 heteroatoms. The van der Waals surface area contributed by atoms with Gasteiger partial charge in [0.05, 0.1) is 0 Å². The number of halogens is 1. The lowest BCUT2D eigenvalue weighted by molar-refractivity contribution is 0.637. The zero-order valence-electron chi connectivity index (χ0n) is 10.9. The molecule has 4 nitrogen and oxygen atoms in total. The van der Waals surface area contributed by atoms with E-state index in [1.165, 1.54) is 6.42 Å². The fourth-order valence-corrected chi connectivity index (χ4v) is 2.89. The number of rotatable bonds is 7. The minimum absolute atomic E-state index is 0.935. The van der Waals surface area contributed by atoms with Crippen LogP contribution in [0.25, 0.3) is 10.6 Å². The van der Waals surface area contributed by atoms with Gasteiger partial charge in [-0.1, -0.05) is 18.3 Å². The quantitative estimate of drug-likeness (QED) is 0.785. The Morgan fingerprint density at radius 3 is 2.95 bits per heavy atom. The molecular formula is C13H17BrN4S. The molecule has 2 aromatic heterocycles. The van der Waals surface area contributed by atoms with E-state index in [9.17, 15) is 0 Å². The second kappa shape index (κ2) is 7.67.